The van der Waals surface area contributed by atoms with Crippen LogP contribution in [0.1, 0.15) is 103 Å². The van der Waals surface area contributed by atoms with Crippen molar-refractivity contribution in [2.75, 3.05) is 6.54 Å². The molecule has 1 fully saturated rings. The van der Waals surface area contributed by atoms with Crippen molar-refractivity contribution in [1.82, 2.24) is 10.5 Å². The van der Waals surface area contributed by atoms with Crippen LogP contribution in [0.3, 0.4) is 0 Å². The molecule has 5 rings (SSSR count). The highest BCUT2D eigenvalue weighted by molar-refractivity contribution is 6.15. The topological polar surface area (TPSA) is 110 Å². The standard InChI is InChI=1S/C36H38N2O5/c1-36(2,3)29-19-17-26(18-20-29)33(41)31-32(25-11-15-28(16-12-25)35(42)37-22-21-30(39)40)38-43-34(31)27-13-9-24(10-14-27)23-7-5-4-6-8-23/h9-20,23H,4-8,21-22H2,1-3H3,(H,37,42)(H,39,40). The summed E-state index contributed by atoms with van der Waals surface area (Å²) in [6.45, 7) is 6.43. The lowest BCUT2D eigenvalue weighted by Gasteiger charge is -2.22. The van der Waals surface area contributed by atoms with E-state index in [9.17, 15) is 14.4 Å². The van der Waals surface area contributed by atoms with E-state index in [-0.39, 0.29) is 30.1 Å². The van der Waals surface area contributed by atoms with Gasteiger partial charge in [0.05, 0.1) is 12.0 Å². The van der Waals surface area contributed by atoms with E-state index in [0.717, 1.165) is 11.1 Å². The predicted octanol–water partition coefficient (Wildman–Crippen LogP) is 7.79. The molecule has 0 atom stereocenters. The Balaban J connectivity index is 1.49. The lowest BCUT2D eigenvalue weighted by atomic mass is 9.83. The van der Waals surface area contributed by atoms with Gasteiger partial charge in [-0.05, 0) is 47.4 Å². The summed E-state index contributed by atoms with van der Waals surface area (Å²) in [4.78, 5) is 37.3. The van der Waals surface area contributed by atoms with Crippen LogP contribution in [-0.4, -0.2) is 34.5 Å². The molecule has 0 aliphatic heterocycles. The van der Waals surface area contributed by atoms with Crippen molar-refractivity contribution in [3.63, 3.8) is 0 Å². The number of aliphatic carboxylic acids is 1. The molecule has 0 bridgehead atoms. The maximum absolute atomic E-state index is 14.1. The van der Waals surface area contributed by atoms with Gasteiger partial charge in [0.2, 0.25) is 0 Å². The Morgan fingerprint density at radius 1 is 0.837 bits per heavy atom. The van der Waals surface area contributed by atoms with Crippen LogP contribution in [0.4, 0.5) is 0 Å². The zero-order valence-corrected chi connectivity index (χ0v) is 25.0. The number of carboxylic acid groups (broad SMARTS) is 1. The third kappa shape index (κ3) is 6.94. The maximum atomic E-state index is 14.1. The van der Waals surface area contributed by atoms with Crippen LogP contribution in [0, 0.1) is 0 Å². The zero-order valence-electron chi connectivity index (χ0n) is 25.0. The third-order valence-electron chi connectivity index (χ3n) is 8.23. The van der Waals surface area contributed by atoms with Gasteiger partial charge in [-0.1, -0.05) is 106 Å². The van der Waals surface area contributed by atoms with E-state index < -0.39 is 5.97 Å². The second kappa shape index (κ2) is 12.8. The van der Waals surface area contributed by atoms with Crippen molar-refractivity contribution in [3.8, 4) is 22.6 Å². The summed E-state index contributed by atoms with van der Waals surface area (Å²) in [5.41, 5.74) is 5.48. The molecule has 3 aromatic carbocycles. The number of nitrogens with zero attached hydrogens (tertiary/aromatic N) is 1. The summed E-state index contributed by atoms with van der Waals surface area (Å²) in [6.07, 6.45) is 6.06. The summed E-state index contributed by atoms with van der Waals surface area (Å²) in [6, 6.07) is 22.7. The SMILES string of the molecule is CC(C)(C)c1ccc(C(=O)c2c(-c3ccc(C(=O)NCCC(=O)O)cc3)noc2-c2ccc(C3CCCCC3)cc2)cc1. The molecular formula is C36H38N2O5. The molecule has 1 aliphatic rings. The second-order valence-electron chi connectivity index (χ2n) is 12.3. The van der Waals surface area contributed by atoms with Crippen molar-refractivity contribution >= 4 is 17.7 Å². The van der Waals surface area contributed by atoms with Crippen molar-refractivity contribution < 1.29 is 24.0 Å². The van der Waals surface area contributed by atoms with Gasteiger partial charge in [0.25, 0.3) is 5.91 Å². The number of carbonyl (C=O) groups is 3. The van der Waals surface area contributed by atoms with Gasteiger partial charge in [0, 0.05) is 28.8 Å². The number of carboxylic acids is 1. The quantitative estimate of drug-likeness (QED) is 0.196. The first-order valence-electron chi connectivity index (χ1n) is 15.0. The van der Waals surface area contributed by atoms with Gasteiger partial charge in [-0.25, -0.2) is 0 Å². The number of rotatable bonds is 9. The van der Waals surface area contributed by atoms with Gasteiger partial charge in [-0.2, -0.15) is 0 Å². The van der Waals surface area contributed by atoms with Crippen LogP contribution in [0.2, 0.25) is 0 Å². The molecule has 1 aliphatic carbocycles. The van der Waals surface area contributed by atoms with Crippen molar-refractivity contribution in [1.29, 1.82) is 0 Å². The largest absolute Gasteiger partial charge is 0.481 e. The van der Waals surface area contributed by atoms with Crippen LogP contribution in [0.15, 0.2) is 77.3 Å². The van der Waals surface area contributed by atoms with E-state index in [0.29, 0.717) is 39.6 Å². The number of nitrogens with one attached hydrogen (secondary N) is 1. The molecule has 7 heteroatoms. The molecule has 1 heterocycles. The normalized spacial score (nSPS) is 13.9. The summed E-state index contributed by atoms with van der Waals surface area (Å²) in [7, 11) is 0. The van der Waals surface area contributed by atoms with E-state index >= 15 is 0 Å². The molecule has 222 valence electrons. The van der Waals surface area contributed by atoms with Crippen molar-refractivity contribution in [2.45, 2.75) is 70.6 Å². The molecule has 0 saturated heterocycles. The summed E-state index contributed by atoms with van der Waals surface area (Å²) in [5, 5.41) is 15.8. The molecular weight excluding hydrogens is 540 g/mol. The Bertz CT molecular complexity index is 1590. The van der Waals surface area contributed by atoms with Crippen LogP contribution in [-0.2, 0) is 10.2 Å². The molecule has 1 saturated carbocycles. The number of aromatic nitrogens is 1. The van der Waals surface area contributed by atoms with Crippen molar-refractivity contribution in [2.24, 2.45) is 0 Å². The first-order chi connectivity index (χ1) is 20.6. The highest BCUT2D eigenvalue weighted by Crippen LogP contribution is 2.37. The molecule has 2 N–H and O–H groups in total. The third-order valence-corrected chi connectivity index (χ3v) is 8.23. The first kappa shape index (κ1) is 30.0. The molecule has 0 radical (unpaired) electrons. The number of hydrogen-bond acceptors (Lipinski definition) is 5. The van der Waals surface area contributed by atoms with Gasteiger partial charge in [-0.3, -0.25) is 14.4 Å². The fourth-order valence-corrected chi connectivity index (χ4v) is 5.67. The van der Waals surface area contributed by atoms with Gasteiger partial charge in [0.15, 0.2) is 11.5 Å². The Morgan fingerprint density at radius 3 is 2.05 bits per heavy atom. The monoisotopic (exact) mass is 578 g/mol. The van der Waals surface area contributed by atoms with Crippen LogP contribution in [0.25, 0.3) is 22.6 Å². The minimum Gasteiger partial charge on any atom is -0.481 e. The van der Waals surface area contributed by atoms with E-state index in [1.54, 1.807) is 24.3 Å². The predicted molar refractivity (Wildman–Crippen MR) is 166 cm³/mol. The number of ketones is 1. The molecule has 0 unspecified atom stereocenters. The number of benzene rings is 3. The molecule has 1 aromatic heterocycles. The van der Waals surface area contributed by atoms with Crippen LogP contribution < -0.4 is 5.32 Å². The highest BCUT2D eigenvalue weighted by Gasteiger charge is 2.27. The lowest BCUT2D eigenvalue weighted by Crippen LogP contribution is -2.25. The average Bonchev–Trinajstić information content (AvgIpc) is 3.46. The average molecular weight is 579 g/mol. The number of amides is 1. The van der Waals surface area contributed by atoms with Gasteiger partial charge >= 0.3 is 5.97 Å². The van der Waals surface area contributed by atoms with Gasteiger partial charge in [-0.15, -0.1) is 0 Å². The molecule has 0 spiro atoms. The Morgan fingerprint density at radius 2 is 1.44 bits per heavy atom. The Kier molecular flexibility index (Phi) is 8.90. The van der Waals surface area contributed by atoms with Gasteiger partial charge in [0.1, 0.15) is 5.69 Å². The number of hydrogen-bond donors (Lipinski definition) is 2. The van der Waals surface area contributed by atoms with Crippen LogP contribution in [0.5, 0.6) is 0 Å². The van der Waals surface area contributed by atoms with Crippen molar-refractivity contribution in [3.05, 3.63) is 101 Å². The fourth-order valence-electron chi connectivity index (χ4n) is 5.67. The second-order valence-corrected chi connectivity index (χ2v) is 12.3. The van der Waals surface area contributed by atoms with E-state index in [1.807, 2.05) is 36.4 Å². The van der Waals surface area contributed by atoms with E-state index in [2.05, 4.69) is 43.4 Å². The Labute approximate surface area is 252 Å². The van der Waals surface area contributed by atoms with Gasteiger partial charge < -0.3 is 14.9 Å². The minimum absolute atomic E-state index is 0.0365. The summed E-state index contributed by atoms with van der Waals surface area (Å²) in [5.74, 6) is -0.576. The number of carbonyl (C=O) groups excluding carboxylic acids is 2. The molecule has 1 amide bonds. The molecule has 43 heavy (non-hydrogen) atoms. The summed E-state index contributed by atoms with van der Waals surface area (Å²) >= 11 is 0. The minimum atomic E-state index is -0.980. The van der Waals surface area contributed by atoms with E-state index in [4.69, 9.17) is 9.63 Å². The summed E-state index contributed by atoms with van der Waals surface area (Å²) < 4.78 is 5.89. The first-order valence-corrected chi connectivity index (χ1v) is 15.0. The van der Waals surface area contributed by atoms with E-state index in [1.165, 1.54) is 37.7 Å². The molecule has 7 nitrogen and oxygen atoms in total. The highest BCUT2D eigenvalue weighted by atomic mass is 16.5. The lowest BCUT2D eigenvalue weighted by molar-refractivity contribution is -0.136. The smallest absolute Gasteiger partial charge is 0.305 e. The van der Waals surface area contributed by atoms with Crippen LogP contribution >= 0.6 is 0 Å². The fraction of sp³-hybridized carbons (Fsp3) is 0.333. The molecule has 4 aromatic rings. The maximum Gasteiger partial charge on any atom is 0.305 e. The zero-order chi connectivity index (χ0) is 30.6. The Hall–Kier alpha value is -4.52.